The molecule has 3 nitrogen and oxygen atoms in total. The third kappa shape index (κ3) is 2.71. The van der Waals surface area contributed by atoms with Gasteiger partial charge in [-0.1, -0.05) is 13.3 Å². The number of nitrogens with one attached hydrogen (secondary N) is 1. The third-order valence-corrected chi connectivity index (χ3v) is 3.92. The number of nitrogens with zero attached hydrogens (tertiary/aromatic N) is 2. The summed E-state index contributed by atoms with van der Waals surface area (Å²) in [6.07, 6.45) is 2.66. The molecular formula is C12H25N3. The normalized spacial score (nSPS) is 31.2. The predicted octanol–water partition coefficient (Wildman–Crippen LogP) is 0.764. The Bertz CT molecular complexity index is 195. The molecule has 0 radical (unpaired) electrons. The van der Waals surface area contributed by atoms with Gasteiger partial charge < -0.3 is 5.32 Å². The lowest BCUT2D eigenvalue weighted by atomic mass is 10.1. The Morgan fingerprint density at radius 2 is 2.20 bits per heavy atom. The molecule has 2 fully saturated rings. The molecule has 2 saturated heterocycles. The highest BCUT2D eigenvalue weighted by Crippen LogP contribution is 2.15. The van der Waals surface area contributed by atoms with Crippen LogP contribution in [-0.2, 0) is 0 Å². The second kappa shape index (κ2) is 5.28. The van der Waals surface area contributed by atoms with Crippen molar-refractivity contribution in [2.75, 3.05) is 39.3 Å². The molecule has 0 bridgehead atoms. The second-order valence-electron chi connectivity index (χ2n) is 5.03. The monoisotopic (exact) mass is 211 g/mol. The van der Waals surface area contributed by atoms with Crippen molar-refractivity contribution in [3.8, 4) is 0 Å². The van der Waals surface area contributed by atoms with Crippen LogP contribution in [0.1, 0.15) is 26.7 Å². The fourth-order valence-corrected chi connectivity index (χ4v) is 2.90. The zero-order valence-corrected chi connectivity index (χ0v) is 10.2. The van der Waals surface area contributed by atoms with Crippen molar-refractivity contribution in [1.82, 2.24) is 15.1 Å². The van der Waals surface area contributed by atoms with Crippen LogP contribution in [0.25, 0.3) is 0 Å². The topological polar surface area (TPSA) is 18.5 Å². The first kappa shape index (κ1) is 11.4. The highest BCUT2D eigenvalue weighted by Gasteiger charge is 2.30. The maximum absolute atomic E-state index is 3.51. The van der Waals surface area contributed by atoms with E-state index in [1.54, 1.807) is 0 Å². The summed E-state index contributed by atoms with van der Waals surface area (Å²) in [6, 6.07) is 1.55. The van der Waals surface area contributed by atoms with Crippen molar-refractivity contribution >= 4 is 0 Å². The first-order valence-corrected chi connectivity index (χ1v) is 6.50. The standard InChI is InChI=1S/C12H25N3/c1-3-4-11(2)15-8-7-14-6-5-13-9-12(14)10-15/h11-13H,3-10H2,1-2H3. The first-order chi connectivity index (χ1) is 7.31. The Hall–Kier alpha value is -0.120. The van der Waals surface area contributed by atoms with Crippen molar-refractivity contribution in [1.29, 1.82) is 0 Å². The maximum atomic E-state index is 3.51. The van der Waals surface area contributed by atoms with Crippen LogP contribution < -0.4 is 5.32 Å². The molecule has 0 aromatic carbocycles. The number of rotatable bonds is 3. The van der Waals surface area contributed by atoms with E-state index in [9.17, 15) is 0 Å². The van der Waals surface area contributed by atoms with Gasteiger partial charge in [0.05, 0.1) is 0 Å². The Morgan fingerprint density at radius 3 is 3.00 bits per heavy atom. The first-order valence-electron chi connectivity index (χ1n) is 6.50. The molecule has 0 saturated carbocycles. The number of hydrogen-bond donors (Lipinski definition) is 1. The molecule has 0 amide bonds. The molecule has 2 aliphatic rings. The van der Waals surface area contributed by atoms with Gasteiger partial charge in [0.2, 0.25) is 0 Å². The van der Waals surface area contributed by atoms with Gasteiger partial charge in [-0.15, -0.1) is 0 Å². The molecule has 88 valence electrons. The highest BCUT2D eigenvalue weighted by molar-refractivity contribution is 4.88. The van der Waals surface area contributed by atoms with Crippen molar-refractivity contribution < 1.29 is 0 Å². The molecule has 2 aliphatic heterocycles. The molecule has 1 N–H and O–H groups in total. The fourth-order valence-electron chi connectivity index (χ4n) is 2.90. The highest BCUT2D eigenvalue weighted by atomic mass is 15.3. The number of fused-ring (bicyclic) bond motifs is 1. The average Bonchev–Trinajstić information content (AvgIpc) is 2.29. The molecule has 2 heterocycles. The van der Waals surface area contributed by atoms with Crippen LogP contribution in [0.4, 0.5) is 0 Å². The quantitative estimate of drug-likeness (QED) is 0.744. The van der Waals surface area contributed by atoms with Gasteiger partial charge in [-0.05, 0) is 13.3 Å². The smallest absolute Gasteiger partial charge is 0.0349 e. The summed E-state index contributed by atoms with van der Waals surface area (Å²) in [5.41, 5.74) is 0. The molecule has 0 aliphatic carbocycles. The summed E-state index contributed by atoms with van der Waals surface area (Å²) in [6.45, 7) is 12.1. The van der Waals surface area contributed by atoms with Crippen LogP contribution in [-0.4, -0.2) is 61.2 Å². The summed E-state index contributed by atoms with van der Waals surface area (Å²) < 4.78 is 0. The van der Waals surface area contributed by atoms with Gasteiger partial charge in [0.1, 0.15) is 0 Å². The van der Waals surface area contributed by atoms with Crippen LogP contribution in [0, 0.1) is 0 Å². The van der Waals surface area contributed by atoms with Crippen molar-refractivity contribution in [2.24, 2.45) is 0 Å². The maximum Gasteiger partial charge on any atom is 0.0349 e. The van der Waals surface area contributed by atoms with Gasteiger partial charge in [0, 0.05) is 51.4 Å². The van der Waals surface area contributed by atoms with Crippen LogP contribution in [0.2, 0.25) is 0 Å². The lowest BCUT2D eigenvalue weighted by Gasteiger charge is -2.46. The summed E-state index contributed by atoms with van der Waals surface area (Å²) in [5, 5.41) is 3.51. The molecule has 2 rings (SSSR count). The molecular weight excluding hydrogens is 186 g/mol. The van der Waals surface area contributed by atoms with Crippen LogP contribution in [0.5, 0.6) is 0 Å². The fraction of sp³-hybridized carbons (Fsp3) is 1.00. The van der Waals surface area contributed by atoms with Crippen molar-refractivity contribution in [2.45, 2.75) is 38.8 Å². The predicted molar refractivity (Wildman–Crippen MR) is 64.2 cm³/mol. The molecule has 0 aromatic rings. The zero-order chi connectivity index (χ0) is 10.7. The van der Waals surface area contributed by atoms with Gasteiger partial charge in [-0.25, -0.2) is 0 Å². The molecule has 15 heavy (non-hydrogen) atoms. The zero-order valence-electron chi connectivity index (χ0n) is 10.2. The number of hydrogen-bond acceptors (Lipinski definition) is 3. The van der Waals surface area contributed by atoms with Crippen molar-refractivity contribution in [3.05, 3.63) is 0 Å². The van der Waals surface area contributed by atoms with Crippen molar-refractivity contribution in [3.63, 3.8) is 0 Å². The third-order valence-electron chi connectivity index (χ3n) is 3.92. The van der Waals surface area contributed by atoms with Gasteiger partial charge in [0.15, 0.2) is 0 Å². The Balaban J connectivity index is 1.85. The van der Waals surface area contributed by atoms with Gasteiger partial charge in [-0.2, -0.15) is 0 Å². The largest absolute Gasteiger partial charge is 0.314 e. The summed E-state index contributed by atoms with van der Waals surface area (Å²) >= 11 is 0. The van der Waals surface area contributed by atoms with E-state index < -0.39 is 0 Å². The van der Waals surface area contributed by atoms with E-state index in [2.05, 4.69) is 29.0 Å². The Kier molecular flexibility index (Phi) is 4.00. The van der Waals surface area contributed by atoms with Gasteiger partial charge >= 0.3 is 0 Å². The molecule has 0 aromatic heterocycles. The summed E-state index contributed by atoms with van der Waals surface area (Å²) in [5.74, 6) is 0. The van der Waals surface area contributed by atoms with E-state index in [4.69, 9.17) is 0 Å². The SMILES string of the molecule is CCCC(C)N1CCN2CCNCC2C1. The van der Waals surface area contributed by atoms with Crippen LogP contribution in [0.15, 0.2) is 0 Å². The molecule has 0 spiro atoms. The van der Waals surface area contributed by atoms with E-state index >= 15 is 0 Å². The van der Waals surface area contributed by atoms with Crippen LogP contribution >= 0.6 is 0 Å². The lowest BCUT2D eigenvalue weighted by Crippen LogP contribution is -2.62. The van der Waals surface area contributed by atoms with Gasteiger partial charge in [-0.3, -0.25) is 9.80 Å². The minimum atomic E-state index is 0.770. The summed E-state index contributed by atoms with van der Waals surface area (Å²) in [7, 11) is 0. The minimum Gasteiger partial charge on any atom is -0.314 e. The Labute approximate surface area is 93.8 Å². The van der Waals surface area contributed by atoms with E-state index in [0.29, 0.717) is 0 Å². The lowest BCUT2D eigenvalue weighted by molar-refractivity contribution is 0.0366. The molecule has 3 heteroatoms. The van der Waals surface area contributed by atoms with Crippen LogP contribution in [0.3, 0.4) is 0 Å². The average molecular weight is 211 g/mol. The minimum absolute atomic E-state index is 0.770. The Morgan fingerprint density at radius 1 is 1.33 bits per heavy atom. The van der Waals surface area contributed by atoms with E-state index in [-0.39, 0.29) is 0 Å². The summed E-state index contributed by atoms with van der Waals surface area (Å²) in [4.78, 5) is 5.34. The van der Waals surface area contributed by atoms with E-state index in [1.807, 2.05) is 0 Å². The molecule has 2 atom stereocenters. The van der Waals surface area contributed by atoms with E-state index in [1.165, 1.54) is 52.1 Å². The van der Waals surface area contributed by atoms with Gasteiger partial charge in [0.25, 0.3) is 0 Å². The molecule has 2 unspecified atom stereocenters. The number of piperazine rings is 2. The second-order valence-corrected chi connectivity index (χ2v) is 5.03. The van der Waals surface area contributed by atoms with E-state index in [0.717, 1.165) is 12.1 Å².